The monoisotopic (exact) mass is 387 g/mol. The Morgan fingerprint density at radius 2 is 1.77 bits per heavy atom. The van der Waals surface area contributed by atoms with Crippen molar-refractivity contribution in [2.45, 2.75) is 23.8 Å². The number of ether oxygens (including phenoxy) is 1. The maximum absolute atomic E-state index is 11.9. The molecule has 1 heterocycles. The molecule has 2 aromatic rings. The van der Waals surface area contributed by atoms with Crippen LogP contribution < -0.4 is 10.1 Å². The number of thioether (sulfide) groups is 2. The second kappa shape index (κ2) is 10.5. The minimum Gasteiger partial charge on any atom is -0.484 e. The molecule has 1 aliphatic rings. The van der Waals surface area contributed by atoms with E-state index in [1.165, 1.54) is 29.1 Å². The SMILES string of the molecule is O=C(COc1ccc(C2SCCCS2)cc1)NCCCc1ccccc1. The number of nitrogens with one attached hydrogen (secondary N) is 1. The lowest BCUT2D eigenvalue weighted by Gasteiger charge is -2.21. The number of carbonyl (C=O) groups is 1. The maximum Gasteiger partial charge on any atom is 0.257 e. The second-order valence-electron chi connectivity index (χ2n) is 6.22. The van der Waals surface area contributed by atoms with E-state index in [9.17, 15) is 4.79 Å². The molecule has 0 saturated carbocycles. The molecule has 0 atom stereocenters. The summed E-state index contributed by atoms with van der Waals surface area (Å²) >= 11 is 4.02. The van der Waals surface area contributed by atoms with Gasteiger partial charge in [-0.3, -0.25) is 4.79 Å². The molecule has 0 spiro atoms. The maximum atomic E-state index is 11.9. The Hall–Kier alpha value is -1.59. The molecule has 2 aromatic carbocycles. The van der Waals surface area contributed by atoms with Gasteiger partial charge in [-0.2, -0.15) is 0 Å². The molecule has 138 valence electrons. The summed E-state index contributed by atoms with van der Waals surface area (Å²) < 4.78 is 6.13. The zero-order valence-electron chi connectivity index (χ0n) is 14.9. The molecule has 3 rings (SSSR count). The fourth-order valence-corrected chi connectivity index (χ4v) is 5.66. The van der Waals surface area contributed by atoms with Gasteiger partial charge in [0.05, 0.1) is 4.58 Å². The molecule has 0 aromatic heterocycles. The normalized spacial score (nSPS) is 14.8. The fourth-order valence-electron chi connectivity index (χ4n) is 2.77. The first kappa shape index (κ1) is 19.2. The summed E-state index contributed by atoms with van der Waals surface area (Å²) in [5, 5.41) is 2.92. The first-order valence-electron chi connectivity index (χ1n) is 9.08. The quantitative estimate of drug-likeness (QED) is 0.667. The predicted octanol–water partition coefficient (Wildman–Crippen LogP) is 4.68. The van der Waals surface area contributed by atoms with Crippen LogP contribution in [0.3, 0.4) is 0 Å². The third-order valence-corrected chi connectivity index (χ3v) is 7.17. The molecule has 0 unspecified atom stereocenters. The summed E-state index contributed by atoms with van der Waals surface area (Å²) in [5.41, 5.74) is 2.63. The van der Waals surface area contributed by atoms with Crippen LogP contribution >= 0.6 is 23.5 Å². The van der Waals surface area contributed by atoms with E-state index in [1.54, 1.807) is 0 Å². The van der Waals surface area contributed by atoms with Crippen molar-refractivity contribution in [2.75, 3.05) is 24.7 Å². The molecule has 1 saturated heterocycles. The molecular weight excluding hydrogens is 362 g/mol. The van der Waals surface area contributed by atoms with Crippen LogP contribution in [0.1, 0.15) is 28.6 Å². The summed E-state index contributed by atoms with van der Waals surface area (Å²) in [4.78, 5) is 11.9. The lowest BCUT2D eigenvalue weighted by Crippen LogP contribution is -2.29. The van der Waals surface area contributed by atoms with Crippen LogP contribution in [0.2, 0.25) is 0 Å². The minimum atomic E-state index is -0.0690. The van der Waals surface area contributed by atoms with Crippen LogP contribution in [0.15, 0.2) is 54.6 Å². The van der Waals surface area contributed by atoms with E-state index in [0.717, 1.165) is 18.6 Å². The van der Waals surface area contributed by atoms with Crippen molar-refractivity contribution < 1.29 is 9.53 Å². The number of rotatable bonds is 8. The average molecular weight is 388 g/mol. The Bertz CT molecular complexity index is 670. The summed E-state index contributed by atoms with van der Waals surface area (Å²) in [5.74, 6) is 3.15. The van der Waals surface area contributed by atoms with Gasteiger partial charge < -0.3 is 10.1 Å². The molecule has 1 fully saturated rings. The highest BCUT2D eigenvalue weighted by Gasteiger charge is 2.16. The van der Waals surface area contributed by atoms with Crippen molar-refractivity contribution >= 4 is 29.4 Å². The highest BCUT2D eigenvalue weighted by atomic mass is 32.2. The van der Waals surface area contributed by atoms with Crippen LogP contribution in [0.4, 0.5) is 0 Å². The highest BCUT2D eigenvalue weighted by Crippen LogP contribution is 2.43. The predicted molar refractivity (Wildman–Crippen MR) is 112 cm³/mol. The molecule has 1 aliphatic heterocycles. The van der Waals surface area contributed by atoms with Gasteiger partial charge >= 0.3 is 0 Å². The van der Waals surface area contributed by atoms with Crippen molar-refractivity contribution in [2.24, 2.45) is 0 Å². The standard InChI is InChI=1S/C21H25NO2S2/c23-20(22-13-4-8-17-6-2-1-3-7-17)16-24-19-11-9-18(10-12-19)21-25-14-5-15-26-21/h1-3,6-7,9-12,21H,4-5,8,13-16H2,(H,22,23). The van der Waals surface area contributed by atoms with Crippen molar-refractivity contribution in [1.29, 1.82) is 0 Å². The number of amides is 1. The Balaban J connectivity index is 1.33. The van der Waals surface area contributed by atoms with E-state index in [0.29, 0.717) is 11.1 Å². The van der Waals surface area contributed by atoms with Gasteiger partial charge in [-0.1, -0.05) is 42.5 Å². The van der Waals surface area contributed by atoms with Gasteiger partial charge in [0.15, 0.2) is 6.61 Å². The van der Waals surface area contributed by atoms with Crippen molar-refractivity contribution in [1.82, 2.24) is 5.32 Å². The van der Waals surface area contributed by atoms with Gasteiger partial charge in [-0.05, 0) is 54.0 Å². The minimum absolute atomic E-state index is 0.0671. The van der Waals surface area contributed by atoms with Crippen molar-refractivity contribution in [3.8, 4) is 5.75 Å². The van der Waals surface area contributed by atoms with E-state index < -0.39 is 0 Å². The summed E-state index contributed by atoms with van der Waals surface area (Å²) in [7, 11) is 0. The van der Waals surface area contributed by atoms with Crippen LogP contribution in [0, 0.1) is 0 Å². The Morgan fingerprint density at radius 1 is 1.04 bits per heavy atom. The average Bonchev–Trinajstić information content (AvgIpc) is 2.71. The van der Waals surface area contributed by atoms with E-state index in [-0.39, 0.29) is 12.5 Å². The van der Waals surface area contributed by atoms with Gasteiger partial charge in [-0.25, -0.2) is 0 Å². The molecule has 1 amide bonds. The van der Waals surface area contributed by atoms with Gasteiger partial charge in [0.2, 0.25) is 0 Å². The molecule has 0 radical (unpaired) electrons. The molecular formula is C21H25NO2S2. The van der Waals surface area contributed by atoms with Crippen LogP contribution in [0.25, 0.3) is 0 Å². The van der Waals surface area contributed by atoms with Crippen LogP contribution in [-0.2, 0) is 11.2 Å². The highest BCUT2D eigenvalue weighted by molar-refractivity contribution is 8.16. The van der Waals surface area contributed by atoms with Gasteiger partial charge in [0.25, 0.3) is 5.91 Å². The summed E-state index contributed by atoms with van der Waals surface area (Å²) in [6.45, 7) is 0.740. The second-order valence-corrected chi connectivity index (χ2v) is 8.95. The van der Waals surface area contributed by atoms with Gasteiger partial charge in [-0.15, -0.1) is 23.5 Å². The zero-order chi connectivity index (χ0) is 18.0. The zero-order valence-corrected chi connectivity index (χ0v) is 16.5. The third-order valence-electron chi connectivity index (χ3n) is 4.16. The number of aryl methyl sites for hydroxylation is 1. The van der Waals surface area contributed by atoms with E-state index in [4.69, 9.17) is 4.74 Å². The van der Waals surface area contributed by atoms with E-state index >= 15 is 0 Å². The lowest BCUT2D eigenvalue weighted by atomic mass is 10.1. The number of hydrogen-bond acceptors (Lipinski definition) is 4. The number of benzene rings is 2. The van der Waals surface area contributed by atoms with E-state index in [1.807, 2.05) is 53.9 Å². The topological polar surface area (TPSA) is 38.3 Å². The Labute approximate surface area is 164 Å². The van der Waals surface area contributed by atoms with Gasteiger partial charge in [0, 0.05) is 6.54 Å². The van der Waals surface area contributed by atoms with Crippen molar-refractivity contribution in [3.05, 3.63) is 65.7 Å². The summed E-state index contributed by atoms with van der Waals surface area (Å²) in [6, 6.07) is 18.5. The van der Waals surface area contributed by atoms with Gasteiger partial charge in [0.1, 0.15) is 5.75 Å². The molecule has 1 N–H and O–H groups in total. The largest absolute Gasteiger partial charge is 0.484 e. The Kier molecular flexibility index (Phi) is 7.77. The van der Waals surface area contributed by atoms with Crippen LogP contribution in [-0.4, -0.2) is 30.6 Å². The Morgan fingerprint density at radius 3 is 2.50 bits per heavy atom. The molecule has 26 heavy (non-hydrogen) atoms. The molecule has 3 nitrogen and oxygen atoms in total. The van der Waals surface area contributed by atoms with Crippen LogP contribution in [0.5, 0.6) is 5.75 Å². The first-order valence-corrected chi connectivity index (χ1v) is 11.2. The number of carbonyl (C=O) groups excluding carboxylic acids is 1. The lowest BCUT2D eigenvalue weighted by molar-refractivity contribution is -0.123. The number of hydrogen-bond donors (Lipinski definition) is 1. The van der Waals surface area contributed by atoms with Crippen molar-refractivity contribution in [3.63, 3.8) is 0 Å². The van der Waals surface area contributed by atoms with E-state index in [2.05, 4.69) is 29.6 Å². The fraction of sp³-hybridized carbons (Fsp3) is 0.381. The molecule has 0 bridgehead atoms. The molecule has 5 heteroatoms. The smallest absolute Gasteiger partial charge is 0.257 e. The first-order chi connectivity index (χ1) is 12.8. The third kappa shape index (κ3) is 6.29. The summed E-state index contributed by atoms with van der Waals surface area (Å²) in [6.07, 6.45) is 3.20. The molecule has 0 aliphatic carbocycles.